The number of esters is 1. The number of amides is 1. The van der Waals surface area contributed by atoms with Crippen LogP contribution in [0.15, 0.2) is 60.3 Å². The number of carbonyl (C=O) groups is 2. The number of rotatable bonds is 10. The predicted molar refractivity (Wildman–Crippen MR) is 171 cm³/mol. The first-order chi connectivity index (χ1) is 19.7. The van der Waals surface area contributed by atoms with Gasteiger partial charge in [0.15, 0.2) is 16.6 Å². The molecule has 1 aliphatic heterocycles. The summed E-state index contributed by atoms with van der Waals surface area (Å²) in [6.07, 6.45) is 1.66. The maximum atomic E-state index is 13.7. The van der Waals surface area contributed by atoms with Gasteiger partial charge in [-0.1, -0.05) is 29.3 Å². The first-order valence-corrected chi connectivity index (χ1v) is 14.5. The second-order valence-electron chi connectivity index (χ2n) is 8.60. The van der Waals surface area contributed by atoms with Crippen LogP contribution >= 0.6 is 58.0 Å². The Morgan fingerprint density at radius 2 is 1.78 bits per heavy atom. The van der Waals surface area contributed by atoms with Crippen LogP contribution in [0.2, 0.25) is 10.0 Å². The fraction of sp³-hybridized carbons (Fsp3) is 0.207. The van der Waals surface area contributed by atoms with Crippen LogP contribution in [0.5, 0.6) is 17.2 Å². The van der Waals surface area contributed by atoms with E-state index in [1.807, 2.05) is 13.0 Å². The summed E-state index contributed by atoms with van der Waals surface area (Å²) in [5.74, 6) is 0.704. The SMILES string of the molecule is CCOc1cc(/C=C2/C(=O)N(c3ccc(OC)cc3)C(=S)N2CC(=O)OC)cc(I)c1OCc1ccc(Cl)cc1Cl. The van der Waals surface area contributed by atoms with Crippen molar-refractivity contribution < 1.29 is 28.5 Å². The molecule has 3 aromatic carbocycles. The Kier molecular flexibility index (Phi) is 10.3. The second-order valence-corrected chi connectivity index (χ2v) is 11.0. The number of halogens is 3. The first kappa shape index (κ1) is 30.9. The highest BCUT2D eigenvalue weighted by Crippen LogP contribution is 2.37. The second kappa shape index (κ2) is 13.7. The number of benzene rings is 3. The minimum absolute atomic E-state index is 0.149. The number of carbonyl (C=O) groups excluding carboxylic acids is 2. The van der Waals surface area contributed by atoms with Crippen molar-refractivity contribution in [2.75, 3.05) is 32.3 Å². The monoisotopic (exact) mass is 726 g/mol. The molecule has 0 N–H and O–H groups in total. The lowest BCUT2D eigenvalue weighted by atomic mass is 10.1. The molecule has 0 bridgehead atoms. The van der Waals surface area contributed by atoms with Crippen LogP contribution in [0.25, 0.3) is 6.08 Å². The molecule has 3 aromatic rings. The predicted octanol–water partition coefficient (Wildman–Crippen LogP) is 6.73. The number of hydrogen-bond acceptors (Lipinski definition) is 7. The third-order valence-electron chi connectivity index (χ3n) is 6.00. The maximum absolute atomic E-state index is 13.7. The summed E-state index contributed by atoms with van der Waals surface area (Å²) in [4.78, 5) is 28.8. The average molecular weight is 727 g/mol. The summed E-state index contributed by atoms with van der Waals surface area (Å²) in [5, 5.41) is 1.18. The fourth-order valence-electron chi connectivity index (χ4n) is 4.01. The number of thiocarbonyl (C=S) groups is 1. The van der Waals surface area contributed by atoms with Gasteiger partial charge in [-0.05, 0) is 102 Å². The molecule has 4 rings (SSSR count). The van der Waals surface area contributed by atoms with Crippen LogP contribution in [0.3, 0.4) is 0 Å². The van der Waals surface area contributed by atoms with Crippen molar-refractivity contribution in [3.8, 4) is 17.2 Å². The van der Waals surface area contributed by atoms with Crippen molar-refractivity contribution in [1.29, 1.82) is 0 Å². The molecule has 1 amide bonds. The Labute approximate surface area is 266 Å². The van der Waals surface area contributed by atoms with Crippen molar-refractivity contribution in [3.05, 3.63) is 85.0 Å². The molecule has 0 atom stereocenters. The van der Waals surface area contributed by atoms with E-state index in [1.165, 1.54) is 16.9 Å². The molecule has 0 radical (unpaired) electrons. The van der Waals surface area contributed by atoms with Gasteiger partial charge in [-0.2, -0.15) is 0 Å². The minimum atomic E-state index is -0.545. The minimum Gasteiger partial charge on any atom is -0.497 e. The molecule has 12 heteroatoms. The van der Waals surface area contributed by atoms with Crippen molar-refractivity contribution >= 4 is 86.8 Å². The molecule has 0 unspecified atom stereocenters. The number of anilines is 1. The maximum Gasteiger partial charge on any atom is 0.325 e. The first-order valence-electron chi connectivity index (χ1n) is 12.3. The summed E-state index contributed by atoms with van der Waals surface area (Å²) in [6.45, 7) is 2.21. The number of methoxy groups -OCH3 is 2. The summed E-state index contributed by atoms with van der Waals surface area (Å²) < 4.78 is 22.8. The molecule has 0 saturated carbocycles. The van der Waals surface area contributed by atoms with Crippen LogP contribution in [0, 0.1) is 3.57 Å². The molecule has 8 nitrogen and oxygen atoms in total. The average Bonchev–Trinajstić information content (AvgIpc) is 3.17. The van der Waals surface area contributed by atoms with Gasteiger partial charge in [0.2, 0.25) is 0 Å². The van der Waals surface area contributed by atoms with Gasteiger partial charge in [-0.15, -0.1) is 0 Å². The summed E-state index contributed by atoms with van der Waals surface area (Å²) in [5.41, 5.74) is 2.15. The quantitative estimate of drug-likeness (QED) is 0.0986. The molecular formula is C29H25Cl2IN2O6S. The van der Waals surface area contributed by atoms with Crippen LogP contribution in [0.1, 0.15) is 18.1 Å². The van der Waals surface area contributed by atoms with E-state index in [0.717, 1.165) is 9.13 Å². The topological polar surface area (TPSA) is 77.5 Å². The summed E-state index contributed by atoms with van der Waals surface area (Å²) in [7, 11) is 2.83. The zero-order valence-electron chi connectivity index (χ0n) is 22.3. The van der Waals surface area contributed by atoms with E-state index in [9.17, 15) is 9.59 Å². The highest BCUT2D eigenvalue weighted by Gasteiger charge is 2.40. The Balaban J connectivity index is 1.70. The molecule has 1 aliphatic rings. The van der Waals surface area contributed by atoms with E-state index in [2.05, 4.69) is 22.6 Å². The molecule has 0 aromatic heterocycles. The lowest BCUT2D eigenvalue weighted by molar-refractivity contribution is -0.140. The van der Waals surface area contributed by atoms with Crippen molar-refractivity contribution in [1.82, 2.24) is 4.90 Å². The lowest BCUT2D eigenvalue weighted by Gasteiger charge is -2.19. The van der Waals surface area contributed by atoms with Crippen molar-refractivity contribution in [2.24, 2.45) is 0 Å². The van der Waals surface area contributed by atoms with E-state index >= 15 is 0 Å². The fourth-order valence-corrected chi connectivity index (χ4v) is 5.60. The van der Waals surface area contributed by atoms with Gasteiger partial charge in [0, 0.05) is 15.6 Å². The van der Waals surface area contributed by atoms with Crippen molar-refractivity contribution in [3.63, 3.8) is 0 Å². The number of hydrogen-bond donors (Lipinski definition) is 0. The molecule has 41 heavy (non-hydrogen) atoms. The van der Waals surface area contributed by atoms with E-state index in [-0.39, 0.29) is 24.0 Å². The Hall–Kier alpha value is -3.06. The lowest BCUT2D eigenvalue weighted by Crippen LogP contribution is -2.35. The Morgan fingerprint density at radius 1 is 1.05 bits per heavy atom. The summed E-state index contributed by atoms with van der Waals surface area (Å²) in [6, 6.07) is 15.7. The number of nitrogens with zero attached hydrogens (tertiary/aromatic N) is 2. The zero-order valence-corrected chi connectivity index (χ0v) is 26.8. The molecule has 0 spiro atoms. The highest BCUT2D eigenvalue weighted by molar-refractivity contribution is 14.1. The number of ether oxygens (including phenoxy) is 4. The van der Waals surface area contributed by atoms with Gasteiger partial charge in [-0.3, -0.25) is 14.5 Å². The summed E-state index contributed by atoms with van der Waals surface area (Å²) >= 11 is 20.1. The van der Waals surface area contributed by atoms with Crippen LogP contribution in [0.4, 0.5) is 5.69 Å². The van der Waals surface area contributed by atoms with Gasteiger partial charge in [0.05, 0.1) is 30.1 Å². The Morgan fingerprint density at radius 3 is 2.41 bits per heavy atom. The Bertz CT molecular complexity index is 1520. The van der Waals surface area contributed by atoms with Crippen LogP contribution in [-0.2, 0) is 20.9 Å². The zero-order chi connectivity index (χ0) is 29.7. The molecule has 0 aliphatic carbocycles. The largest absolute Gasteiger partial charge is 0.497 e. The smallest absolute Gasteiger partial charge is 0.325 e. The van der Waals surface area contributed by atoms with Gasteiger partial charge in [0.25, 0.3) is 5.91 Å². The van der Waals surface area contributed by atoms with Gasteiger partial charge in [-0.25, -0.2) is 0 Å². The van der Waals surface area contributed by atoms with Gasteiger partial charge < -0.3 is 23.8 Å². The van der Waals surface area contributed by atoms with E-state index < -0.39 is 11.9 Å². The molecule has 1 heterocycles. The molecule has 1 saturated heterocycles. The van der Waals surface area contributed by atoms with Crippen molar-refractivity contribution in [2.45, 2.75) is 13.5 Å². The molecule has 1 fully saturated rings. The molecular weight excluding hydrogens is 702 g/mol. The highest BCUT2D eigenvalue weighted by atomic mass is 127. The standard InChI is InChI=1S/C29H25Cl2IN2O6S/c1-4-39-25-13-17(11-23(32)27(25)40-16-18-5-6-19(30)14-22(18)31)12-24-28(36)34(20-7-9-21(37-2)10-8-20)29(41)33(24)15-26(35)38-3/h5-14H,4,15-16H2,1-3H3/b24-12-. The van der Waals surface area contributed by atoms with Gasteiger partial charge in [0.1, 0.15) is 24.6 Å². The van der Waals surface area contributed by atoms with E-state index in [1.54, 1.807) is 61.7 Å². The van der Waals surface area contributed by atoms with Gasteiger partial charge >= 0.3 is 5.97 Å². The normalized spacial score (nSPS) is 14.0. The van der Waals surface area contributed by atoms with E-state index in [0.29, 0.717) is 45.2 Å². The van der Waals surface area contributed by atoms with Crippen LogP contribution in [-0.4, -0.2) is 49.3 Å². The third kappa shape index (κ3) is 7.06. The van der Waals surface area contributed by atoms with Crippen LogP contribution < -0.4 is 19.1 Å². The van der Waals surface area contributed by atoms with E-state index in [4.69, 9.17) is 54.4 Å². The molecule has 214 valence electrons. The third-order valence-corrected chi connectivity index (χ3v) is 7.79.